The lowest BCUT2D eigenvalue weighted by atomic mass is 9.99. The van der Waals surface area contributed by atoms with Gasteiger partial charge in [-0.3, -0.25) is 0 Å². The minimum absolute atomic E-state index is 0.134. The SMILES string of the molecule is OCCC(O)C(O)c1ccc2cc(O)ccc2c1. The number of aromatic hydroxyl groups is 1. The molecule has 0 aliphatic carbocycles. The van der Waals surface area contributed by atoms with Crippen LogP contribution in [0.2, 0.25) is 0 Å². The van der Waals surface area contributed by atoms with Gasteiger partial charge in [0.25, 0.3) is 0 Å². The fraction of sp³-hybridized carbons (Fsp3) is 0.286. The van der Waals surface area contributed by atoms with E-state index in [0.29, 0.717) is 5.56 Å². The van der Waals surface area contributed by atoms with Crippen LogP contribution in [0.5, 0.6) is 5.75 Å². The fourth-order valence-corrected chi connectivity index (χ4v) is 1.95. The highest BCUT2D eigenvalue weighted by atomic mass is 16.3. The van der Waals surface area contributed by atoms with E-state index in [0.717, 1.165) is 10.8 Å². The number of aliphatic hydroxyl groups is 3. The Morgan fingerprint density at radius 1 is 0.944 bits per heavy atom. The van der Waals surface area contributed by atoms with Crippen molar-refractivity contribution in [2.24, 2.45) is 0 Å². The summed E-state index contributed by atoms with van der Waals surface area (Å²) in [6, 6.07) is 10.2. The number of fused-ring (bicyclic) bond motifs is 1. The zero-order valence-corrected chi connectivity index (χ0v) is 9.82. The van der Waals surface area contributed by atoms with E-state index in [9.17, 15) is 15.3 Å². The second-order valence-electron chi connectivity index (χ2n) is 4.32. The Hall–Kier alpha value is -1.62. The number of rotatable bonds is 4. The number of hydrogen-bond acceptors (Lipinski definition) is 4. The first-order valence-corrected chi connectivity index (χ1v) is 5.81. The van der Waals surface area contributed by atoms with Crippen LogP contribution in [0.3, 0.4) is 0 Å². The third-order valence-corrected chi connectivity index (χ3v) is 2.98. The molecular formula is C14H16O4. The van der Waals surface area contributed by atoms with Gasteiger partial charge in [0.1, 0.15) is 11.9 Å². The average molecular weight is 248 g/mol. The highest BCUT2D eigenvalue weighted by Crippen LogP contribution is 2.25. The first kappa shape index (κ1) is 12.8. The first-order valence-electron chi connectivity index (χ1n) is 5.81. The van der Waals surface area contributed by atoms with Crippen LogP contribution in [0.1, 0.15) is 18.1 Å². The summed E-state index contributed by atoms with van der Waals surface area (Å²) in [7, 11) is 0. The largest absolute Gasteiger partial charge is 0.508 e. The molecule has 2 aromatic carbocycles. The van der Waals surface area contributed by atoms with Crippen molar-refractivity contribution in [3.63, 3.8) is 0 Å². The molecule has 0 aromatic heterocycles. The van der Waals surface area contributed by atoms with Crippen LogP contribution in [-0.2, 0) is 0 Å². The third kappa shape index (κ3) is 2.61. The second-order valence-corrected chi connectivity index (χ2v) is 4.32. The minimum Gasteiger partial charge on any atom is -0.508 e. The first-order chi connectivity index (χ1) is 8.61. The van der Waals surface area contributed by atoms with Crippen LogP contribution in [0, 0.1) is 0 Å². The Balaban J connectivity index is 2.32. The molecule has 0 aliphatic heterocycles. The van der Waals surface area contributed by atoms with Crippen LogP contribution in [0.15, 0.2) is 36.4 Å². The maximum absolute atomic E-state index is 9.92. The maximum Gasteiger partial charge on any atom is 0.116 e. The van der Waals surface area contributed by atoms with Gasteiger partial charge in [0.2, 0.25) is 0 Å². The number of hydrogen-bond donors (Lipinski definition) is 4. The lowest BCUT2D eigenvalue weighted by Crippen LogP contribution is -2.19. The Kier molecular flexibility index (Phi) is 3.81. The second kappa shape index (κ2) is 5.35. The van der Waals surface area contributed by atoms with Crippen LogP contribution in [-0.4, -0.2) is 33.1 Å². The Morgan fingerprint density at radius 3 is 2.33 bits per heavy atom. The molecule has 2 aromatic rings. The van der Waals surface area contributed by atoms with E-state index in [-0.39, 0.29) is 18.8 Å². The van der Waals surface area contributed by atoms with Crippen molar-refractivity contribution >= 4 is 10.8 Å². The molecular weight excluding hydrogens is 232 g/mol. The summed E-state index contributed by atoms with van der Waals surface area (Å²) in [6.45, 7) is -0.167. The quantitative estimate of drug-likeness (QED) is 0.658. The van der Waals surface area contributed by atoms with Crippen molar-refractivity contribution < 1.29 is 20.4 Å². The van der Waals surface area contributed by atoms with Crippen LogP contribution >= 0.6 is 0 Å². The van der Waals surface area contributed by atoms with Gasteiger partial charge in [-0.2, -0.15) is 0 Å². The molecule has 2 rings (SSSR count). The highest BCUT2D eigenvalue weighted by molar-refractivity contribution is 5.84. The number of phenols is 1. The van der Waals surface area contributed by atoms with E-state index in [2.05, 4.69) is 0 Å². The van der Waals surface area contributed by atoms with Gasteiger partial charge in [0.05, 0.1) is 6.10 Å². The van der Waals surface area contributed by atoms with Gasteiger partial charge in [0, 0.05) is 6.61 Å². The lowest BCUT2D eigenvalue weighted by molar-refractivity contribution is 0.00429. The van der Waals surface area contributed by atoms with Crippen molar-refractivity contribution in [3.05, 3.63) is 42.0 Å². The maximum atomic E-state index is 9.92. The smallest absolute Gasteiger partial charge is 0.116 e. The van der Waals surface area contributed by atoms with E-state index in [1.807, 2.05) is 0 Å². The normalized spacial score (nSPS) is 14.6. The van der Waals surface area contributed by atoms with Crippen molar-refractivity contribution in [2.45, 2.75) is 18.6 Å². The molecule has 18 heavy (non-hydrogen) atoms. The summed E-state index contributed by atoms with van der Waals surface area (Å²) in [6.07, 6.45) is -1.87. The average Bonchev–Trinajstić information content (AvgIpc) is 2.37. The molecule has 0 saturated heterocycles. The molecule has 0 amide bonds. The van der Waals surface area contributed by atoms with Crippen molar-refractivity contribution in [2.75, 3.05) is 6.61 Å². The molecule has 0 aliphatic rings. The number of aliphatic hydroxyl groups excluding tert-OH is 3. The van der Waals surface area contributed by atoms with Gasteiger partial charge in [-0.05, 0) is 41.0 Å². The van der Waals surface area contributed by atoms with Gasteiger partial charge in [-0.1, -0.05) is 18.2 Å². The Labute approximate surface area is 105 Å². The number of benzene rings is 2. The van der Waals surface area contributed by atoms with E-state index in [4.69, 9.17) is 5.11 Å². The zero-order valence-electron chi connectivity index (χ0n) is 9.82. The topological polar surface area (TPSA) is 80.9 Å². The van der Waals surface area contributed by atoms with Gasteiger partial charge in [-0.15, -0.1) is 0 Å². The molecule has 4 heteroatoms. The molecule has 0 radical (unpaired) electrons. The van der Waals surface area contributed by atoms with Crippen molar-refractivity contribution in [3.8, 4) is 5.75 Å². The standard InChI is InChI=1S/C14H16O4/c15-6-5-13(17)14(18)11-2-1-10-8-12(16)4-3-9(10)7-11/h1-4,7-8,13-18H,5-6H2. The zero-order chi connectivity index (χ0) is 13.1. The highest BCUT2D eigenvalue weighted by Gasteiger charge is 2.17. The van der Waals surface area contributed by atoms with Crippen LogP contribution in [0.4, 0.5) is 0 Å². The van der Waals surface area contributed by atoms with Crippen molar-refractivity contribution in [1.82, 2.24) is 0 Å². The van der Waals surface area contributed by atoms with Crippen molar-refractivity contribution in [1.29, 1.82) is 0 Å². The van der Waals surface area contributed by atoms with Crippen LogP contribution < -0.4 is 0 Å². The molecule has 2 unspecified atom stereocenters. The molecule has 0 heterocycles. The molecule has 0 saturated carbocycles. The van der Waals surface area contributed by atoms with E-state index in [1.165, 1.54) is 0 Å². The summed E-state index contributed by atoms with van der Waals surface area (Å²) in [4.78, 5) is 0. The Bertz CT molecular complexity index is 538. The molecule has 4 N–H and O–H groups in total. The minimum atomic E-state index is -1.02. The molecule has 0 fully saturated rings. The molecule has 4 nitrogen and oxygen atoms in total. The van der Waals surface area contributed by atoms with E-state index in [1.54, 1.807) is 36.4 Å². The lowest BCUT2D eigenvalue weighted by Gasteiger charge is -2.17. The fourth-order valence-electron chi connectivity index (χ4n) is 1.95. The van der Waals surface area contributed by atoms with E-state index < -0.39 is 12.2 Å². The summed E-state index contributed by atoms with van der Waals surface area (Å²) in [5.74, 6) is 0.191. The third-order valence-electron chi connectivity index (χ3n) is 2.98. The molecule has 2 atom stereocenters. The predicted octanol–water partition coefficient (Wildman–Crippen LogP) is 1.32. The number of phenolic OH excluding ortho intramolecular Hbond substituents is 1. The monoisotopic (exact) mass is 248 g/mol. The van der Waals surface area contributed by atoms with Gasteiger partial charge in [0.15, 0.2) is 0 Å². The summed E-state index contributed by atoms with van der Waals surface area (Å²) in [5.41, 5.74) is 0.592. The molecule has 0 spiro atoms. The van der Waals surface area contributed by atoms with Crippen LogP contribution in [0.25, 0.3) is 10.8 Å². The molecule has 96 valence electrons. The molecule has 0 bridgehead atoms. The Morgan fingerprint density at radius 2 is 1.61 bits per heavy atom. The predicted molar refractivity (Wildman–Crippen MR) is 68.3 cm³/mol. The summed E-state index contributed by atoms with van der Waals surface area (Å²) in [5, 5.41) is 39.4. The summed E-state index contributed by atoms with van der Waals surface area (Å²) >= 11 is 0. The van der Waals surface area contributed by atoms with Gasteiger partial charge >= 0.3 is 0 Å². The summed E-state index contributed by atoms with van der Waals surface area (Å²) < 4.78 is 0. The van der Waals surface area contributed by atoms with E-state index >= 15 is 0 Å². The van der Waals surface area contributed by atoms with Gasteiger partial charge in [-0.25, -0.2) is 0 Å². The van der Waals surface area contributed by atoms with Gasteiger partial charge < -0.3 is 20.4 Å².